The molecule has 2 atom stereocenters. The highest BCUT2D eigenvalue weighted by atomic mass is 35.5. The molecule has 3 saturated heterocycles. The number of nitrogens with two attached hydrogens (primary N) is 1. The van der Waals surface area contributed by atoms with Crippen LogP contribution in [-0.2, 0) is 28.0 Å². The van der Waals surface area contributed by atoms with Gasteiger partial charge in [0.1, 0.15) is 0 Å². The Labute approximate surface area is 234 Å². The summed E-state index contributed by atoms with van der Waals surface area (Å²) in [6.07, 6.45) is 4.53. The second kappa shape index (κ2) is 10.5. The highest BCUT2D eigenvalue weighted by Gasteiger charge is 2.51. The number of amides is 2. The van der Waals surface area contributed by atoms with Gasteiger partial charge in [0.05, 0.1) is 17.0 Å². The second-order valence-corrected chi connectivity index (χ2v) is 13.4. The van der Waals surface area contributed by atoms with Crippen LogP contribution >= 0.6 is 11.6 Å². The normalized spacial score (nSPS) is 26.2. The molecule has 4 aliphatic heterocycles. The maximum atomic E-state index is 13.8. The summed E-state index contributed by atoms with van der Waals surface area (Å²) in [6, 6.07) is 13.4. The number of hydrogen-bond donors (Lipinski definition) is 2. The lowest BCUT2D eigenvalue weighted by atomic mass is 9.97. The van der Waals surface area contributed by atoms with E-state index in [0.717, 1.165) is 37.8 Å². The van der Waals surface area contributed by atoms with Crippen molar-refractivity contribution in [1.29, 1.82) is 0 Å². The van der Waals surface area contributed by atoms with Crippen molar-refractivity contribution in [2.45, 2.75) is 75.7 Å². The number of benzene rings is 2. The molecule has 2 unspecified atom stereocenters. The molecular formula is C28H34ClN5O4S. The van der Waals surface area contributed by atoms with E-state index < -0.39 is 16.1 Å². The lowest BCUT2D eigenvalue weighted by Gasteiger charge is -2.44. The predicted molar refractivity (Wildman–Crippen MR) is 150 cm³/mol. The molecule has 2 aromatic rings. The maximum Gasteiger partial charge on any atom is 0.282 e. The second-order valence-electron chi connectivity index (χ2n) is 11.2. The van der Waals surface area contributed by atoms with Crippen molar-refractivity contribution in [3.05, 3.63) is 64.2 Å². The van der Waals surface area contributed by atoms with E-state index in [2.05, 4.69) is 17.4 Å². The molecule has 4 aliphatic rings. The zero-order valence-corrected chi connectivity index (χ0v) is 23.3. The number of carbonyl (C=O) groups excluding carboxylic acids is 2. The number of piperidine rings is 2. The fraction of sp³-hybridized carbons (Fsp3) is 0.500. The van der Waals surface area contributed by atoms with E-state index in [0.29, 0.717) is 37.7 Å². The van der Waals surface area contributed by atoms with Crippen molar-refractivity contribution in [2.75, 3.05) is 18.0 Å². The Bertz CT molecular complexity index is 1370. The molecule has 2 amide bonds. The number of primary amides is 1. The van der Waals surface area contributed by atoms with Gasteiger partial charge in [-0.1, -0.05) is 41.9 Å². The monoisotopic (exact) mass is 571 g/mol. The first-order valence-electron chi connectivity index (χ1n) is 13.7. The summed E-state index contributed by atoms with van der Waals surface area (Å²) in [5, 5.41) is 3.80. The summed E-state index contributed by atoms with van der Waals surface area (Å²) >= 11 is 6.32. The van der Waals surface area contributed by atoms with Gasteiger partial charge in [-0.2, -0.15) is 17.0 Å². The highest BCUT2D eigenvalue weighted by molar-refractivity contribution is 7.86. The van der Waals surface area contributed by atoms with E-state index in [1.54, 1.807) is 25.6 Å². The van der Waals surface area contributed by atoms with Gasteiger partial charge in [-0.3, -0.25) is 9.59 Å². The standard InChI is InChI=1S/C28H34ClN5O4S/c29-25-16-26-19(12-24(25)28(30)36)13-27(35)33(26)23-14-21-6-7-22(15-23)34(21)39(37,38)32-10-8-20(9-11-32)31-17-18-4-2-1-3-5-18/h1-5,12,16,20-23,31H,6-11,13-15,17H2,(H2,30,36). The number of nitrogens with one attached hydrogen (secondary N) is 1. The number of hydrogen-bond acceptors (Lipinski definition) is 5. The van der Waals surface area contributed by atoms with Gasteiger partial charge in [0.2, 0.25) is 11.8 Å². The average Bonchev–Trinajstić information content (AvgIpc) is 3.39. The van der Waals surface area contributed by atoms with Crippen LogP contribution in [0, 0.1) is 0 Å². The summed E-state index contributed by atoms with van der Waals surface area (Å²) in [6.45, 7) is 1.79. The molecule has 2 bridgehead atoms. The van der Waals surface area contributed by atoms with E-state index in [1.165, 1.54) is 5.56 Å². The predicted octanol–water partition coefficient (Wildman–Crippen LogP) is 2.82. The minimum atomic E-state index is -3.59. The van der Waals surface area contributed by atoms with Crippen LogP contribution in [0.5, 0.6) is 0 Å². The lowest BCUT2D eigenvalue weighted by Crippen LogP contribution is -2.58. The quantitative estimate of drug-likeness (QED) is 0.530. The molecule has 0 spiro atoms. The molecule has 11 heteroatoms. The van der Waals surface area contributed by atoms with Crippen LogP contribution in [0.3, 0.4) is 0 Å². The Hall–Kier alpha value is -2.50. The molecule has 3 fully saturated rings. The van der Waals surface area contributed by atoms with Gasteiger partial charge in [0, 0.05) is 49.5 Å². The Morgan fingerprint density at radius 3 is 2.31 bits per heavy atom. The zero-order chi connectivity index (χ0) is 27.3. The van der Waals surface area contributed by atoms with E-state index >= 15 is 0 Å². The minimum absolute atomic E-state index is 0.0477. The van der Waals surface area contributed by atoms with E-state index in [-0.39, 0.29) is 41.0 Å². The molecule has 208 valence electrons. The number of carbonyl (C=O) groups is 2. The van der Waals surface area contributed by atoms with Gasteiger partial charge in [0.25, 0.3) is 10.2 Å². The van der Waals surface area contributed by atoms with E-state index in [4.69, 9.17) is 17.3 Å². The van der Waals surface area contributed by atoms with Crippen molar-refractivity contribution >= 4 is 39.3 Å². The van der Waals surface area contributed by atoms with E-state index in [9.17, 15) is 18.0 Å². The smallest absolute Gasteiger partial charge is 0.282 e. The summed E-state index contributed by atoms with van der Waals surface area (Å²) < 4.78 is 31.0. The SMILES string of the molecule is NC(=O)c1cc2c(cc1Cl)N(C1CC3CCC(C1)N3S(=O)(=O)N1CCC(NCc3ccccc3)CC1)C(=O)C2. The zero-order valence-electron chi connectivity index (χ0n) is 21.8. The van der Waals surface area contributed by atoms with Crippen LogP contribution in [-0.4, -0.2) is 66.1 Å². The third-order valence-corrected chi connectivity index (χ3v) is 11.3. The van der Waals surface area contributed by atoms with Gasteiger partial charge < -0.3 is 16.0 Å². The first-order valence-corrected chi connectivity index (χ1v) is 15.5. The largest absolute Gasteiger partial charge is 0.366 e. The lowest BCUT2D eigenvalue weighted by molar-refractivity contribution is -0.118. The topological polar surface area (TPSA) is 116 Å². The minimum Gasteiger partial charge on any atom is -0.366 e. The number of rotatable bonds is 7. The van der Waals surface area contributed by atoms with Crippen molar-refractivity contribution in [3.63, 3.8) is 0 Å². The molecule has 2 aromatic carbocycles. The van der Waals surface area contributed by atoms with Gasteiger partial charge in [-0.25, -0.2) is 0 Å². The first kappa shape index (κ1) is 26.7. The van der Waals surface area contributed by atoms with Crippen LogP contribution in [0.4, 0.5) is 5.69 Å². The van der Waals surface area contributed by atoms with Crippen LogP contribution < -0.4 is 16.0 Å². The number of halogens is 1. The molecule has 0 aliphatic carbocycles. The molecule has 0 radical (unpaired) electrons. The fourth-order valence-electron chi connectivity index (χ4n) is 6.92. The summed E-state index contributed by atoms with van der Waals surface area (Å²) in [4.78, 5) is 26.6. The van der Waals surface area contributed by atoms with Gasteiger partial charge in [-0.05, 0) is 61.8 Å². The first-order chi connectivity index (χ1) is 18.7. The molecule has 0 aromatic heterocycles. The molecule has 9 nitrogen and oxygen atoms in total. The Morgan fingerprint density at radius 2 is 1.67 bits per heavy atom. The number of fused-ring (bicyclic) bond motifs is 3. The number of anilines is 1. The van der Waals surface area contributed by atoms with Crippen LogP contribution in [0.25, 0.3) is 0 Å². The maximum absolute atomic E-state index is 13.8. The van der Waals surface area contributed by atoms with Crippen molar-refractivity contribution in [1.82, 2.24) is 13.9 Å². The summed E-state index contributed by atoms with van der Waals surface area (Å²) in [7, 11) is -3.59. The molecular weight excluding hydrogens is 538 g/mol. The average molecular weight is 572 g/mol. The van der Waals surface area contributed by atoms with Crippen LogP contribution in [0.1, 0.15) is 60.0 Å². The Morgan fingerprint density at radius 1 is 1.00 bits per heavy atom. The molecule has 39 heavy (non-hydrogen) atoms. The summed E-state index contributed by atoms with van der Waals surface area (Å²) in [5.74, 6) is -0.672. The number of nitrogens with zero attached hydrogens (tertiary/aromatic N) is 3. The Balaban J connectivity index is 1.11. The van der Waals surface area contributed by atoms with Crippen LogP contribution in [0.2, 0.25) is 5.02 Å². The third-order valence-electron chi connectivity index (χ3n) is 8.79. The van der Waals surface area contributed by atoms with Gasteiger partial charge in [0.15, 0.2) is 0 Å². The fourth-order valence-corrected chi connectivity index (χ4v) is 9.25. The van der Waals surface area contributed by atoms with Crippen molar-refractivity contribution in [3.8, 4) is 0 Å². The van der Waals surface area contributed by atoms with Crippen LogP contribution in [0.15, 0.2) is 42.5 Å². The molecule has 3 N–H and O–H groups in total. The van der Waals surface area contributed by atoms with Crippen molar-refractivity contribution in [2.24, 2.45) is 5.73 Å². The molecule has 6 rings (SSSR count). The van der Waals surface area contributed by atoms with E-state index in [1.807, 2.05) is 18.2 Å². The van der Waals surface area contributed by atoms with Gasteiger partial charge >= 0.3 is 0 Å². The third kappa shape index (κ3) is 4.97. The molecule has 4 heterocycles. The summed E-state index contributed by atoms with van der Waals surface area (Å²) in [5.41, 5.74) is 8.32. The Kier molecular flexibility index (Phi) is 7.18. The molecule has 0 saturated carbocycles. The highest BCUT2D eigenvalue weighted by Crippen LogP contribution is 2.44. The van der Waals surface area contributed by atoms with Crippen molar-refractivity contribution < 1.29 is 18.0 Å². The van der Waals surface area contributed by atoms with Gasteiger partial charge in [-0.15, -0.1) is 0 Å².